The molecular formula is C25H24F3N5O. The molecule has 0 spiro atoms. The molecule has 3 aliphatic rings. The van der Waals surface area contributed by atoms with Crippen molar-refractivity contribution >= 4 is 11.6 Å². The van der Waals surface area contributed by atoms with Crippen molar-refractivity contribution in [3.05, 3.63) is 82.2 Å². The van der Waals surface area contributed by atoms with Crippen LogP contribution < -0.4 is 5.32 Å². The predicted octanol–water partition coefficient (Wildman–Crippen LogP) is 4.27. The van der Waals surface area contributed by atoms with E-state index in [2.05, 4.69) is 10.3 Å². The van der Waals surface area contributed by atoms with Crippen molar-refractivity contribution < 1.29 is 18.0 Å². The summed E-state index contributed by atoms with van der Waals surface area (Å²) in [5, 5.41) is 6.98. The molecule has 3 aliphatic heterocycles. The molecule has 0 saturated carbocycles. The van der Waals surface area contributed by atoms with Crippen molar-refractivity contribution in [2.75, 3.05) is 7.05 Å². The zero-order chi connectivity index (χ0) is 23.7. The molecule has 3 aromatic rings. The van der Waals surface area contributed by atoms with Crippen LogP contribution in [0.1, 0.15) is 53.3 Å². The number of carbonyl (C=O) groups is 1. The molecule has 1 unspecified atom stereocenters. The minimum Gasteiger partial charge on any atom is -0.306 e. The summed E-state index contributed by atoms with van der Waals surface area (Å²) in [5.41, 5.74) is 4.08. The Kier molecular flexibility index (Phi) is 4.82. The number of nitrogens with zero attached hydrogens (tertiary/aromatic N) is 4. The zero-order valence-corrected chi connectivity index (χ0v) is 18.9. The van der Waals surface area contributed by atoms with Gasteiger partial charge in [-0.25, -0.2) is 28.2 Å². The number of pyridine rings is 1. The number of likely N-dealkylation sites (N-methyl/N-ethyl adjacent to an activating group) is 1. The molecule has 2 aromatic heterocycles. The summed E-state index contributed by atoms with van der Waals surface area (Å²) in [6, 6.07) is 5.41. The SMILES string of the molecule is Cc1cc(C(=O)N2C3=C(C[C@H]4CCC[C@@H]3N4)C(c3cc(F)c(F)c(F)c3)N2C)n2ccnc2c1. The lowest BCUT2D eigenvalue weighted by atomic mass is 9.81. The van der Waals surface area contributed by atoms with Crippen LogP contribution in [0.3, 0.4) is 0 Å². The van der Waals surface area contributed by atoms with Crippen LogP contribution >= 0.6 is 0 Å². The lowest BCUT2D eigenvalue weighted by molar-refractivity contribution is 0.0202. The molecule has 3 atom stereocenters. The van der Waals surface area contributed by atoms with Gasteiger partial charge in [-0.15, -0.1) is 0 Å². The maximum Gasteiger partial charge on any atom is 0.289 e. The third-order valence-electron chi connectivity index (χ3n) is 7.24. The number of benzene rings is 1. The van der Waals surface area contributed by atoms with Gasteiger partial charge in [-0.05, 0) is 73.6 Å². The quantitative estimate of drug-likeness (QED) is 0.572. The van der Waals surface area contributed by atoms with Gasteiger partial charge in [0, 0.05) is 31.5 Å². The molecule has 1 amide bonds. The van der Waals surface area contributed by atoms with E-state index in [4.69, 9.17) is 0 Å². The smallest absolute Gasteiger partial charge is 0.289 e. The Morgan fingerprint density at radius 2 is 1.88 bits per heavy atom. The number of carbonyl (C=O) groups excluding carboxylic acids is 1. The van der Waals surface area contributed by atoms with Crippen LogP contribution in [-0.4, -0.2) is 44.4 Å². The number of hydrogen-bond acceptors (Lipinski definition) is 4. The second-order valence-corrected chi connectivity index (χ2v) is 9.43. The first-order valence-corrected chi connectivity index (χ1v) is 11.5. The average Bonchev–Trinajstić information content (AvgIpc) is 3.38. The van der Waals surface area contributed by atoms with Gasteiger partial charge in [0.1, 0.15) is 11.3 Å². The van der Waals surface area contributed by atoms with Gasteiger partial charge in [0.2, 0.25) is 0 Å². The number of imidazole rings is 1. The van der Waals surface area contributed by atoms with Gasteiger partial charge in [-0.3, -0.25) is 9.20 Å². The zero-order valence-electron chi connectivity index (χ0n) is 18.9. The van der Waals surface area contributed by atoms with E-state index in [9.17, 15) is 18.0 Å². The fourth-order valence-corrected chi connectivity index (χ4v) is 5.87. The normalized spacial score (nSPS) is 24.7. The van der Waals surface area contributed by atoms with Crippen molar-refractivity contribution in [3.8, 4) is 0 Å². The van der Waals surface area contributed by atoms with Crippen LogP contribution in [0.25, 0.3) is 5.65 Å². The number of aryl methyl sites for hydroxylation is 1. The maximum absolute atomic E-state index is 14.2. The van der Waals surface area contributed by atoms with E-state index >= 15 is 0 Å². The molecule has 176 valence electrons. The molecule has 34 heavy (non-hydrogen) atoms. The highest BCUT2D eigenvalue weighted by Crippen LogP contribution is 2.47. The minimum atomic E-state index is -1.49. The number of piperidine rings is 1. The Morgan fingerprint density at radius 3 is 2.65 bits per heavy atom. The number of hydrogen-bond donors (Lipinski definition) is 1. The number of aromatic nitrogens is 2. The molecule has 9 heteroatoms. The second-order valence-electron chi connectivity index (χ2n) is 9.43. The molecule has 5 heterocycles. The predicted molar refractivity (Wildman–Crippen MR) is 119 cm³/mol. The van der Waals surface area contributed by atoms with E-state index in [-0.39, 0.29) is 18.0 Å². The molecule has 2 bridgehead atoms. The first kappa shape index (κ1) is 21.4. The summed E-state index contributed by atoms with van der Waals surface area (Å²) < 4.78 is 43.9. The summed E-state index contributed by atoms with van der Waals surface area (Å²) in [6.07, 6.45) is 6.93. The number of halogens is 3. The summed E-state index contributed by atoms with van der Waals surface area (Å²) in [4.78, 5) is 18.4. The highest BCUT2D eigenvalue weighted by atomic mass is 19.2. The second kappa shape index (κ2) is 7.68. The Bertz CT molecular complexity index is 1340. The van der Waals surface area contributed by atoms with Gasteiger partial charge >= 0.3 is 0 Å². The van der Waals surface area contributed by atoms with Crippen LogP contribution in [0, 0.1) is 24.4 Å². The van der Waals surface area contributed by atoms with Crippen molar-refractivity contribution in [2.45, 2.75) is 50.7 Å². The van der Waals surface area contributed by atoms with E-state index in [0.717, 1.165) is 48.2 Å². The third-order valence-corrected chi connectivity index (χ3v) is 7.24. The summed E-state index contributed by atoms with van der Waals surface area (Å²) in [5.74, 6) is -4.21. The molecular weight excluding hydrogens is 443 g/mol. The topological polar surface area (TPSA) is 52.9 Å². The molecule has 1 aromatic carbocycles. The Morgan fingerprint density at radius 1 is 1.12 bits per heavy atom. The van der Waals surface area contributed by atoms with Crippen LogP contribution in [0.5, 0.6) is 0 Å². The summed E-state index contributed by atoms with van der Waals surface area (Å²) >= 11 is 0. The number of nitrogens with one attached hydrogen (secondary N) is 1. The van der Waals surface area contributed by atoms with Crippen LogP contribution in [0.2, 0.25) is 0 Å². The fraction of sp³-hybridized carbons (Fsp3) is 0.360. The van der Waals surface area contributed by atoms with Gasteiger partial charge in [-0.2, -0.15) is 0 Å². The molecule has 0 radical (unpaired) electrons. The Hall–Kier alpha value is -3.17. The van der Waals surface area contributed by atoms with Crippen LogP contribution in [0.15, 0.2) is 47.9 Å². The lowest BCUT2D eigenvalue weighted by Crippen LogP contribution is -2.51. The molecule has 1 N–H and O–H groups in total. The van der Waals surface area contributed by atoms with Gasteiger partial charge < -0.3 is 5.32 Å². The molecule has 1 fully saturated rings. The first-order valence-electron chi connectivity index (χ1n) is 11.5. The molecule has 6 rings (SSSR count). The minimum absolute atomic E-state index is 0.0443. The monoisotopic (exact) mass is 467 g/mol. The van der Waals surface area contributed by atoms with Crippen molar-refractivity contribution in [2.24, 2.45) is 0 Å². The van der Waals surface area contributed by atoms with E-state index < -0.39 is 23.5 Å². The molecule has 0 aliphatic carbocycles. The van der Waals surface area contributed by atoms with Crippen LogP contribution in [0.4, 0.5) is 13.2 Å². The molecule has 6 nitrogen and oxygen atoms in total. The van der Waals surface area contributed by atoms with Gasteiger partial charge in [-0.1, -0.05) is 0 Å². The molecule has 1 saturated heterocycles. The largest absolute Gasteiger partial charge is 0.306 e. The summed E-state index contributed by atoms with van der Waals surface area (Å²) in [6.45, 7) is 1.91. The highest BCUT2D eigenvalue weighted by Gasteiger charge is 2.48. The van der Waals surface area contributed by atoms with Gasteiger partial charge in [0.05, 0.1) is 11.7 Å². The van der Waals surface area contributed by atoms with E-state index in [1.54, 1.807) is 33.9 Å². The number of fused-ring (bicyclic) bond motifs is 4. The van der Waals surface area contributed by atoms with Crippen LogP contribution in [-0.2, 0) is 0 Å². The van der Waals surface area contributed by atoms with Gasteiger partial charge in [0.15, 0.2) is 17.5 Å². The van der Waals surface area contributed by atoms with E-state index in [1.807, 2.05) is 19.1 Å². The third kappa shape index (κ3) is 3.10. The average molecular weight is 467 g/mol. The van der Waals surface area contributed by atoms with Gasteiger partial charge in [0.25, 0.3) is 5.91 Å². The number of hydrazine groups is 1. The Labute approximate surface area is 194 Å². The highest BCUT2D eigenvalue weighted by molar-refractivity contribution is 5.95. The summed E-state index contributed by atoms with van der Waals surface area (Å²) in [7, 11) is 1.74. The van der Waals surface area contributed by atoms with Crippen molar-refractivity contribution in [3.63, 3.8) is 0 Å². The van der Waals surface area contributed by atoms with Crippen molar-refractivity contribution in [1.29, 1.82) is 0 Å². The Balaban J connectivity index is 1.51. The lowest BCUT2D eigenvalue weighted by Gasteiger charge is -2.39. The van der Waals surface area contributed by atoms with Crippen molar-refractivity contribution in [1.82, 2.24) is 24.7 Å². The first-order chi connectivity index (χ1) is 16.3. The fourth-order valence-electron chi connectivity index (χ4n) is 5.87. The number of rotatable bonds is 2. The maximum atomic E-state index is 14.2. The number of amides is 1. The van der Waals surface area contributed by atoms with E-state index in [1.165, 1.54) is 0 Å². The standard InChI is InChI=1S/C25H24F3N5O/c1-13-8-20(32-7-6-29-21(32)9-13)25(34)33-24-16(12-15-4-3-5-19(24)30-15)23(31(33)2)14-10-17(26)22(28)18(27)11-14/h6-11,15,19,23,30H,3-5,12H2,1-2H3/t15-,19+,23?/m1/s1. The van der Waals surface area contributed by atoms with E-state index in [0.29, 0.717) is 23.3 Å².